The number of nitrogens with zero attached hydrogens (tertiary/aromatic N) is 6. The van der Waals surface area contributed by atoms with Crippen LogP contribution in [0.25, 0.3) is 10.9 Å². The van der Waals surface area contributed by atoms with Gasteiger partial charge in [0.2, 0.25) is 5.91 Å². The standard InChI is InChI=1S/C29H34N6O5S/c1-39-26-18-24-25(19-27(26)40-14-2-7-33-12-15-41(37,38)16-13-33)31-21-32-29(24)35-10-8-34(9-11-35)28(36)17-22-3-5-23(20-30)6-4-22/h3-6,18-19,21H,2,7-17H2,1H3. The maximum Gasteiger partial charge on any atom is 0.227 e. The number of hydrogen-bond donors (Lipinski definition) is 0. The molecule has 0 bridgehead atoms. The second-order valence-electron chi connectivity index (χ2n) is 10.3. The SMILES string of the molecule is COc1cc2c(N3CCN(C(=O)Cc4ccc(C#N)cc4)CC3)ncnc2cc1OCCCN1CCS(=O)(=O)CC1. The second-order valence-corrected chi connectivity index (χ2v) is 12.6. The highest BCUT2D eigenvalue weighted by molar-refractivity contribution is 7.91. The summed E-state index contributed by atoms with van der Waals surface area (Å²) in [7, 11) is -1.28. The van der Waals surface area contributed by atoms with Gasteiger partial charge in [-0.2, -0.15) is 5.26 Å². The minimum absolute atomic E-state index is 0.0654. The number of benzene rings is 2. The number of piperazine rings is 1. The van der Waals surface area contributed by atoms with Gasteiger partial charge < -0.3 is 24.2 Å². The Morgan fingerprint density at radius 3 is 2.41 bits per heavy atom. The summed E-state index contributed by atoms with van der Waals surface area (Å²) in [5, 5.41) is 9.82. The third-order valence-electron chi connectivity index (χ3n) is 7.58. The van der Waals surface area contributed by atoms with Crippen LogP contribution in [0.1, 0.15) is 17.5 Å². The van der Waals surface area contributed by atoms with Crippen molar-refractivity contribution in [3.05, 3.63) is 53.9 Å². The first-order chi connectivity index (χ1) is 19.8. The molecule has 2 saturated heterocycles. The van der Waals surface area contributed by atoms with Gasteiger partial charge in [0.1, 0.15) is 12.1 Å². The summed E-state index contributed by atoms with van der Waals surface area (Å²) in [5.41, 5.74) is 2.22. The normalized spacial score (nSPS) is 17.3. The van der Waals surface area contributed by atoms with Gasteiger partial charge >= 0.3 is 0 Å². The van der Waals surface area contributed by atoms with Crippen molar-refractivity contribution < 1.29 is 22.7 Å². The molecule has 41 heavy (non-hydrogen) atoms. The number of amides is 1. The molecule has 0 unspecified atom stereocenters. The van der Waals surface area contributed by atoms with Crippen LogP contribution in [0.2, 0.25) is 0 Å². The van der Waals surface area contributed by atoms with Crippen LogP contribution in [-0.2, 0) is 21.1 Å². The van der Waals surface area contributed by atoms with Gasteiger partial charge in [-0.3, -0.25) is 4.79 Å². The number of ether oxygens (including phenoxy) is 2. The van der Waals surface area contributed by atoms with Crippen LogP contribution in [-0.4, -0.2) is 105 Å². The Morgan fingerprint density at radius 2 is 1.73 bits per heavy atom. The highest BCUT2D eigenvalue weighted by Gasteiger charge is 2.24. The Bertz CT molecular complexity index is 1520. The second kappa shape index (κ2) is 12.7. The monoisotopic (exact) mass is 578 g/mol. The van der Waals surface area contributed by atoms with E-state index < -0.39 is 9.84 Å². The highest BCUT2D eigenvalue weighted by atomic mass is 32.2. The number of nitriles is 1. The fourth-order valence-electron chi connectivity index (χ4n) is 5.17. The Labute approximate surface area is 240 Å². The zero-order chi connectivity index (χ0) is 28.8. The van der Waals surface area contributed by atoms with Gasteiger partial charge in [-0.05, 0) is 30.2 Å². The lowest BCUT2D eigenvalue weighted by atomic mass is 10.1. The topological polar surface area (TPSA) is 129 Å². The van der Waals surface area contributed by atoms with Crippen LogP contribution in [0.4, 0.5) is 5.82 Å². The molecule has 3 aromatic rings. The van der Waals surface area contributed by atoms with E-state index in [0.29, 0.717) is 69.4 Å². The van der Waals surface area contributed by atoms with Crippen LogP contribution in [0.3, 0.4) is 0 Å². The number of carbonyl (C=O) groups excluding carboxylic acids is 1. The lowest BCUT2D eigenvalue weighted by molar-refractivity contribution is -0.130. The van der Waals surface area contributed by atoms with E-state index in [4.69, 9.17) is 14.7 Å². The first-order valence-corrected chi connectivity index (χ1v) is 15.6. The lowest BCUT2D eigenvalue weighted by Gasteiger charge is -2.36. The van der Waals surface area contributed by atoms with Gasteiger partial charge in [-0.15, -0.1) is 0 Å². The molecule has 216 valence electrons. The highest BCUT2D eigenvalue weighted by Crippen LogP contribution is 2.35. The predicted molar refractivity (Wildman–Crippen MR) is 155 cm³/mol. The molecule has 0 spiro atoms. The van der Waals surface area contributed by atoms with E-state index in [9.17, 15) is 13.2 Å². The summed E-state index contributed by atoms with van der Waals surface area (Å²) < 4.78 is 35.0. The Hall–Kier alpha value is -3.95. The first kappa shape index (κ1) is 28.6. The van der Waals surface area contributed by atoms with Crippen molar-refractivity contribution in [3.63, 3.8) is 0 Å². The Kier molecular flexibility index (Phi) is 8.85. The molecule has 0 saturated carbocycles. The molecule has 12 heteroatoms. The summed E-state index contributed by atoms with van der Waals surface area (Å²) in [4.78, 5) is 28.1. The van der Waals surface area contributed by atoms with Crippen LogP contribution >= 0.6 is 0 Å². The predicted octanol–water partition coefficient (Wildman–Crippen LogP) is 1.90. The lowest BCUT2D eigenvalue weighted by Crippen LogP contribution is -2.49. The molecule has 2 aromatic carbocycles. The van der Waals surface area contributed by atoms with Gasteiger partial charge in [-0.1, -0.05) is 12.1 Å². The number of sulfone groups is 1. The largest absolute Gasteiger partial charge is 0.493 e. The van der Waals surface area contributed by atoms with Crippen LogP contribution in [0.5, 0.6) is 11.5 Å². The molecule has 2 aliphatic rings. The molecule has 0 atom stereocenters. The van der Waals surface area contributed by atoms with Gasteiger partial charge in [0.05, 0.1) is 48.8 Å². The van der Waals surface area contributed by atoms with E-state index in [0.717, 1.165) is 35.2 Å². The van der Waals surface area contributed by atoms with Gasteiger partial charge in [-0.25, -0.2) is 18.4 Å². The van der Waals surface area contributed by atoms with Gasteiger partial charge in [0, 0.05) is 57.3 Å². The molecule has 5 rings (SSSR count). The number of carbonyl (C=O) groups is 1. The van der Waals surface area contributed by atoms with Crippen molar-refractivity contribution in [1.82, 2.24) is 19.8 Å². The fourth-order valence-corrected chi connectivity index (χ4v) is 6.45. The summed E-state index contributed by atoms with van der Waals surface area (Å²) in [6, 6.07) is 13.0. The summed E-state index contributed by atoms with van der Waals surface area (Å²) in [5.74, 6) is 2.49. The number of rotatable bonds is 9. The maximum absolute atomic E-state index is 12.9. The number of methoxy groups -OCH3 is 1. The first-order valence-electron chi connectivity index (χ1n) is 13.8. The fraction of sp³-hybridized carbons (Fsp3) is 0.448. The zero-order valence-electron chi connectivity index (χ0n) is 23.2. The Morgan fingerprint density at radius 1 is 1.00 bits per heavy atom. The van der Waals surface area contributed by atoms with E-state index in [1.807, 2.05) is 29.2 Å². The molecule has 0 radical (unpaired) electrons. The van der Waals surface area contributed by atoms with E-state index in [2.05, 4.69) is 25.8 Å². The quantitative estimate of drug-likeness (QED) is 0.347. The van der Waals surface area contributed by atoms with Gasteiger partial charge in [0.25, 0.3) is 0 Å². The minimum atomic E-state index is -2.88. The molecule has 2 aliphatic heterocycles. The summed E-state index contributed by atoms with van der Waals surface area (Å²) in [6.07, 6.45) is 2.62. The van der Waals surface area contributed by atoms with E-state index in [1.165, 1.54) is 0 Å². The summed E-state index contributed by atoms with van der Waals surface area (Å²) >= 11 is 0. The van der Waals surface area contributed by atoms with Crippen molar-refractivity contribution in [1.29, 1.82) is 5.26 Å². The zero-order valence-corrected chi connectivity index (χ0v) is 24.0. The van der Waals surface area contributed by atoms with Crippen LogP contribution in [0, 0.1) is 11.3 Å². The Balaban J connectivity index is 1.18. The van der Waals surface area contributed by atoms with Crippen LogP contribution < -0.4 is 14.4 Å². The average molecular weight is 579 g/mol. The molecule has 3 heterocycles. The molecular formula is C29H34N6O5S. The maximum atomic E-state index is 12.9. The number of aromatic nitrogens is 2. The summed E-state index contributed by atoms with van der Waals surface area (Å²) in [6.45, 7) is 4.85. The molecule has 0 aliphatic carbocycles. The molecule has 11 nitrogen and oxygen atoms in total. The number of fused-ring (bicyclic) bond motifs is 1. The van der Waals surface area contributed by atoms with E-state index in [1.54, 1.807) is 25.6 Å². The van der Waals surface area contributed by atoms with E-state index >= 15 is 0 Å². The molecule has 2 fully saturated rings. The smallest absolute Gasteiger partial charge is 0.227 e. The van der Waals surface area contributed by atoms with E-state index in [-0.39, 0.29) is 17.4 Å². The third kappa shape index (κ3) is 7.04. The minimum Gasteiger partial charge on any atom is -0.493 e. The van der Waals surface area contributed by atoms with Crippen molar-refractivity contribution in [3.8, 4) is 17.6 Å². The molecule has 1 amide bonds. The molecular weight excluding hydrogens is 544 g/mol. The molecule has 1 aromatic heterocycles. The third-order valence-corrected chi connectivity index (χ3v) is 9.19. The van der Waals surface area contributed by atoms with Crippen molar-refractivity contribution in [2.75, 3.05) is 75.9 Å². The van der Waals surface area contributed by atoms with Gasteiger partial charge in [0.15, 0.2) is 21.3 Å². The van der Waals surface area contributed by atoms with Crippen molar-refractivity contribution in [2.45, 2.75) is 12.8 Å². The number of anilines is 1. The van der Waals surface area contributed by atoms with Crippen molar-refractivity contribution in [2.24, 2.45) is 0 Å². The van der Waals surface area contributed by atoms with Crippen molar-refractivity contribution >= 4 is 32.5 Å². The van der Waals surface area contributed by atoms with Crippen LogP contribution in [0.15, 0.2) is 42.7 Å². The molecule has 0 N–H and O–H groups in total. The average Bonchev–Trinajstić information content (AvgIpc) is 2.99. The number of hydrogen-bond acceptors (Lipinski definition) is 10.